The van der Waals surface area contributed by atoms with Crippen LogP contribution in [0.15, 0.2) is 41.3 Å². The fourth-order valence-corrected chi connectivity index (χ4v) is 5.29. The van der Waals surface area contributed by atoms with Gasteiger partial charge in [0.05, 0.1) is 26.6 Å². The molecule has 2 atom stereocenters. The van der Waals surface area contributed by atoms with E-state index in [1.54, 1.807) is 0 Å². The van der Waals surface area contributed by atoms with E-state index in [9.17, 15) is 22.7 Å². The number of anilines is 1. The highest BCUT2D eigenvalue weighted by atomic mass is 35.5. The lowest BCUT2D eigenvalue weighted by Gasteiger charge is -2.35. The van der Waals surface area contributed by atoms with Gasteiger partial charge in [-0.15, -0.1) is 0 Å². The fourth-order valence-electron chi connectivity index (χ4n) is 3.37. The van der Waals surface area contributed by atoms with Gasteiger partial charge < -0.3 is 10.4 Å². The zero-order chi connectivity index (χ0) is 22.1. The predicted molar refractivity (Wildman–Crippen MR) is 114 cm³/mol. The Morgan fingerprint density at radius 2 is 1.97 bits per heavy atom. The summed E-state index contributed by atoms with van der Waals surface area (Å²) in [4.78, 5) is 12.6. The molecule has 1 fully saturated rings. The van der Waals surface area contributed by atoms with E-state index >= 15 is 0 Å². The van der Waals surface area contributed by atoms with E-state index in [2.05, 4.69) is 5.32 Å². The Labute approximate surface area is 184 Å². The van der Waals surface area contributed by atoms with Crippen molar-refractivity contribution in [2.75, 3.05) is 18.4 Å². The highest BCUT2D eigenvalue weighted by Crippen LogP contribution is 2.29. The molecule has 2 unspecified atom stereocenters. The third-order valence-electron chi connectivity index (χ3n) is 5.18. The molecular weight excluding hydrogens is 454 g/mol. The zero-order valence-corrected chi connectivity index (χ0v) is 18.4. The summed E-state index contributed by atoms with van der Waals surface area (Å²) in [5.41, 5.74) is 0.203. The first kappa shape index (κ1) is 23.0. The maximum absolute atomic E-state index is 13.3. The van der Waals surface area contributed by atoms with Crippen molar-refractivity contribution in [3.05, 3.63) is 57.8 Å². The molecule has 0 aliphatic carbocycles. The second-order valence-electron chi connectivity index (χ2n) is 7.11. The molecule has 2 aromatic rings. The number of hydrogen-bond acceptors (Lipinski definition) is 4. The minimum atomic E-state index is -3.87. The molecule has 0 aromatic heterocycles. The van der Waals surface area contributed by atoms with Gasteiger partial charge in [-0.3, -0.25) is 4.79 Å². The average molecular weight is 475 g/mol. The lowest BCUT2D eigenvalue weighted by molar-refractivity contribution is 0.0521. The summed E-state index contributed by atoms with van der Waals surface area (Å²) in [6.07, 6.45) is 0.474. The number of rotatable bonds is 5. The molecule has 6 nitrogen and oxygen atoms in total. The van der Waals surface area contributed by atoms with Gasteiger partial charge in [-0.1, -0.05) is 30.1 Å². The molecule has 1 aliphatic heterocycles. The van der Waals surface area contributed by atoms with Crippen LogP contribution >= 0.6 is 23.2 Å². The normalized spacial score (nSPS) is 20.2. The number of aliphatic hydroxyl groups excluding tert-OH is 1. The number of sulfonamides is 1. The molecule has 10 heteroatoms. The minimum Gasteiger partial charge on any atom is -0.393 e. The third-order valence-corrected chi connectivity index (χ3v) is 7.66. The van der Waals surface area contributed by atoms with Crippen molar-refractivity contribution in [3.63, 3.8) is 0 Å². The van der Waals surface area contributed by atoms with Gasteiger partial charge in [-0.2, -0.15) is 4.31 Å². The molecule has 0 bridgehead atoms. The van der Waals surface area contributed by atoms with Crippen molar-refractivity contribution >= 4 is 44.8 Å². The van der Waals surface area contributed by atoms with Crippen molar-refractivity contribution in [1.82, 2.24) is 4.31 Å². The Morgan fingerprint density at radius 3 is 2.63 bits per heavy atom. The number of carbonyl (C=O) groups excluding carboxylic acids is 1. The van der Waals surface area contributed by atoms with Crippen LogP contribution in [0.25, 0.3) is 0 Å². The molecule has 2 aromatic carbocycles. The molecule has 1 aliphatic rings. The Hall–Kier alpha value is -1.71. The first-order chi connectivity index (χ1) is 14.1. The standard InChI is InChI=1S/C20H21Cl2FN2O4S/c1-2-12-11-25(8-7-19(12)26)30(28,29)14-4-5-16(21)15(10-14)20(27)24-13-3-6-18(23)17(22)9-13/h3-6,9-10,12,19,26H,2,7-8,11H2,1H3,(H,24,27). The lowest BCUT2D eigenvalue weighted by Crippen LogP contribution is -2.45. The van der Waals surface area contributed by atoms with E-state index < -0.39 is 27.9 Å². The van der Waals surface area contributed by atoms with E-state index in [0.717, 1.165) is 6.07 Å². The van der Waals surface area contributed by atoms with Crippen molar-refractivity contribution in [3.8, 4) is 0 Å². The second-order valence-corrected chi connectivity index (χ2v) is 9.86. The molecule has 0 spiro atoms. The Bertz CT molecular complexity index is 1060. The highest BCUT2D eigenvalue weighted by molar-refractivity contribution is 7.89. The van der Waals surface area contributed by atoms with Gasteiger partial charge in [-0.05, 0) is 55.2 Å². The Balaban J connectivity index is 1.86. The van der Waals surface area contributed by atoms with Crippen molar-refractivity contribution in [2.45, 2.75) is 30.8 Å². The average Bonchev–Trinajstić information content (AvgIpc) is 2.71. The van der Waals surface area contributed by atoms with E-state index in [1.165, 1.54) is 34.6 Å². The maximum Gasteiger partial charge on any atom is 0.257 e. The number of halogens is 3. The number of amides is 1. The molecule has 1 amide bonds. The van der Waals surface area contributed by atoms with Crippen LogP contribution < -0.4 is 5.32 Å². The number of piperidine rings is 1. The zero-order valence-electron chi connectivity index (χ0n) is 16.1. The first-order valence-corrected chi connectivity index (χ1v) is 11.6. The van der Waals surface area contributed by atoms with Crippen LogP contribution in [0.1, 0.15) is 30.1 Å². The van der Waals surface area contributed by atoms with Gasteiger partial charge in [0.2, 0.25) is 10.0 Å². The number of benzene rings is 2. The molecule has 3 rings (SSSR count). The molecule has 1 saturated heterocycles. The topological polar surface area (TPSA) is 86.7 Å². The number of aliphatic hydroxyl groups is 1. The van der Waals surface area contributed by atoms with E-state index in [1.807, 2.05) is 6.92 Å². The van der Waals surface area contributed by atoms with Gasteiger partial charge in [-0.25, -0.2) is 12.8 Å². The molecule has 0 radical (unpaired) electrons. The fraction of sp³-hybridized carbons (Fsp3) is 0.350. The number of nitrogens with zero attached hydrogens (tertiary/aromatic N) is 1. The summed E-state index contributed by atoms with van der Waals surface area (Å²) in [5.74, 6) is -1.43. The Morgan fingerprint density at radius 1 is 1.23 bits per heavy atom. The third kappa shape index (κ3) is 4.78. The summed E-state index contributed by atoms with van der Waals surface area (Å²) in [5, 5.41) is 12.5. The quantitative estimate of drug-likeness (QED) is 0.680. The van der Waals surface area contributed by atoms with Crippen LogP contribution in [-0.4, -0.2) is 42.9 Å². The minimum absolute atomic E-state index is 0.0396. The van der Waals surface area contributed by atoms with Gasteiger partial charge in [0.15, 0.2) is 0 Å². The molecule has 1 heterocycles. The molecular formula is C20H21Cl2FN2O4S. The van der Waals surface area contributed by atoms with Crippen LogP contribution in [0.2, 0.25) is 10.0 Å². The van der Waals surface area contributed by atoms with Crippen molar-refractivity contribution in [1.29, 1.82) is 0 Å². The summed E-state index contributed by atoms with van der Waals surface area (Å²) < 4.78 is 40.8. The van der Waals surface area contributed by atoms with Crippen molar-refractivity contribution < 1.29 is 22.7 Å². The predicted octanol–water partition coefficient (Wildman–Crippen LogP) is 4.17. The van der Waals surface area contributed by atoms with E-state index in [-0.39, 0.29) is 45.2 Å². The molecule has 0 saturated carbocycles. The number of carbonyl (C=O) groups is 1. The van der Waals surface area contributed by atoms with Crippen LogP contribution in [0.5, 0.6) is 0 Å². The van der Waals surface area contributed by atoms with Gasteiger partial charge in [0.1, 0.15) is 5.82 Å². The summed E-state index contributed by atoms with van der Waals surface area (Å²) in [6.45, 7) is 2.30. The highest BCUT2D eigenvalue weighted by Gasteiger charge is 2.34. The van der Waals surface area contributed by atoms with Crippen LogP contribution in [0.4, 0.5) is 10.1 Å². The number of hydrogen-bond donors (Lipinski definition) is 2. The molecule has 162 valence electrons. The van der Waals surface area contributed by atoms with Crippen molar-refractivity contribution in [2.24, 2.45) is 5.92 Å². The SMILES string of the molecule is CCC1CN(S(=O)(=O)c2ccc(Cl)c(C(=O)Nc3ccc(F)c(Cl)c3)c2)CCC1O. The van der Waals surface area contributed by atoms with E-state index in [0.29, 0.717) is 12.8 Å². The van der Waals surface area contributed by atoms with Gasteiger partial charge in [0, 0.05) is 18.8 Å². The molecule has 30 heavy (non-hydrogen) atoms. The van der Waals surface area contributed by atoms with Gasteiger partial charge >= 0.3 is 0 Å². The summed E-state index contributed by atoms with van der Waals surface area (Å²) in [7, 11) is -3.87. The van der Waals surface area contributed by atoms with Crippen LogP contribution in [-0.2, 0) is 10.0 Å². The number of nitrogens with one attached hydrogen (secondary N) is 1. The molecule has 2 N–H and O–H groups in total. The lowest BCUT2D eigenvalue weighted by atomic mass is 9.94. The largest absolute Gasteiger partial charge is 0.393 e. The second kappa shape index (κ2) is 9.20. The van der Waals surface area contributed by atoms with Gasteiger partial charge in [0.25, 0.3) is 5.91 Å². The Kier molecular flexibility index (Phi) is 7.04. The van der Waals surface area contributed by atoms with E-state index in [4.69, 9.17) is 23.2 Å². The van der Waals surface area contributed by atoms with Crippen LogP contribution in [0.3, 0.4) is 0 Å². The smallest absolute Gasteiger partial charge is 0.257 e. The summed E-state index contributed by atoms with van der Waals surface area (Å²) >= 11 is 11.9. The van der Waals surface area contributed by atoms with Crippen LogP contribution in [0, 0.1) is 11.7 Å². The monoisotopic (exact) mass is 474 g/mol. The first-order valence-electron chi connectivity index (χ1n) is 9.37. The summed E-state index contributed by atoms with van der Waals surface area (Å²) in [6, 6.07) is 7.58. The maximum atomic E-state index is 13.3.